The first kappa shape index (κ1) is 17.8. The molecule has 140 valence electrons. The summed E-state index contributed by atoms with van der Waals surface area (Å²) < 4.78 is 8.93. The number of rotatable bonds is 4. The second-order valence-electron chi connectivity index (χ2n) is 5.74. The molecule has 11 nitrogen and oxygen atoms in total. The summed E-state index contributed by atoms with van der Waals surface area (Å²) in [6.45, 7) is -0.420. The number of hydrogen-bond donors (Lipinski definition) is 4. The summed E-state index contributed by atoms with van der Waals surface area (Å²) in [5, 5.41) is 34.5. The summed E-state index contributed by atoms with van der Waals surface area (Å²) in [5.41, 5.74) is 6.67. The fourth-order valence-corrected chi connectivity index (χ4v) is 4.91. The molecule has 2 aromatic heterocycles. The van der Waals surface area contributed by atoms with E-state index in [0.29, 0.717) is 16.3 Å². The van der Waals surface area contributed by atoms with E-state index in [1.807, 2.05) is 7.05 Å². The lowest BCUT2D eigenvalue weighted by Gasteiger charge is -2.19. The van der Waals surface area contributed by atoms with Crippen LogP contribution in [-0.4, -0.2) is 82.0 Å². The van der Waals surface area contributed by atoms with Crippen LogP contribution in [0.5, 0.6) is 0 Å². The summed E-state index contributed by atoms with van der Waals surface area (Å²) >= 11 is 2.87. The highest BCUT2D eigenvalue weighted by molar-refractivity contribution is 8.17. The number of aromatic nitrogens is 4. The first-order valence-corrected chi connectivity index (χ1v) is 9.43. The maximum atomic E-state index is 10.4. The van der Waals surface area contributed by atoms with Crippen LogP contribution in [0.4, 0.5) is 5.82 Å². The highest BCUT2D eigenvalue weighted by Crippen LogP contribution is 2.40. The number of nitrogens with zero attached hydrogens (tertiary/aromatic N) is 6. The Labute approximate surface area is 156 Å². The van der Waals surface area contributed by atoms with E-state index in [2.05, 4.69) is 20.1 Å². The van der Waals surface area contributed by atoms with E-state index in [1.54, 1.807) is 15.2 Å². The van der Waals surface area contributed by atoms with Gasteiger partial charge in [0.25, 0.3) is 0 Å². The van der Waals surface area contributed by atoms with E-state index >= 15 is 0 Å². The molecule has 4 heterocycles. The topological polar surface area (TPSA) is 155 Å². The molecule has 0 bridgehead atoms. The molecule has 26 heavy (non-hydrogen) atoms. The largest absolute Gasteiger partial charge is 0.394 e. The first-order valence-electron chi connectivity index (χ1n) is 7.71. The molecule has 1 saturated heterocycles. The molecule has 0 amide bonds. The SMILES string of the molecule is CN1N=CC(Sc2nc3c(N)ncnc3n2[C@@H]2O[C@H](CO)[C@@H](O)[C@H]2O)S1. The predicted octanol–water partition coefficient (Wildman–Crippen LogP) is -0.982. The van der Waals surface area contributed by atoms with Gasteiger partial charge in [-0.25, -0.2) is 19.4 Å². The van der Waals surface area contributed by atoms with Gasteiger partial charge in [-0.05, 0) is 11.9 Å². The second kappa shape index (κ2) is 6.83. The van der Waals surface area contributed by atoms with Gasteiger partial charge in [0.05, 0.1) is 12.8 Å². The molecular weight excluding hydrogens is 382 g/mol. The van der Waals surface area contributed by atoms with Gasteiger partial charge in [-0.15, -0.1) is 0 Å². The van der Waals surface area contributed by atoms with Crippen LogP contribution in [0, 0.1) is 0 Å². The number of aliphatic hydroxyl groups excluding tert-OH is 3. The van der Waals surface area contributed by atoms with E-state index < -0.39 is 31.1 Å². The third-order valence-corrected chi connectivity index (χ3v) is 6.20. The summed E-state index contributed by atoms with van der Waals surface area (Å²) in [6.07, 6.45) is -1.29. The van der Waals surface area contributed by atoms with Gasteiger partial charge >= 0.3 is 0 Å². The van der Waals surface area contributed by atoms with Crippen LogP contribution in [0.1, 0.15) is 6.23 Å². The van der Waals surface area contributed by atoms with Crippen molar-refractivity contribution in [3.63, 3.8) is 0 Å². The molecule has 1 fully saturated rings. The maximum absolute atomic E-state index is 10.4. The number of ether oxygens (including phenoxy) is 1. The monoisotopic (exact) mass is 399 g/mol. The van der Waals surface area contributed by atoms with Gasteiger partial charge in [-0.2, -0.15) is 5.10 Å². The Bertz CT molecular complexity index is 849. The normalized spacial score (nSPS) is 31.4. The average Bonchev–Trinajstić information content (AvgIpc) is 3.27. The molecule has 4 rings (SSSR count). The summed E-state index contributed by atoms with van der Waals surface area (Å²) in [7, 11) is 1.83. The molecule has 2 aromatic rings. The van der Waals surface area contributed by atoms with E-state index in [0.717, 1.165) is 0 Å². The summed E-state index contributed by atoms with van der Waals surface area (Å²) in [4.78, 5) is 12.7. The van der Waals surface area contributed by atoms with Gasteiger partial charge < -0.3 is 25.8 Å². The number of anilines is 1. The Balaban J connectivity index is 1.77. The lowest BCUT2D eigenvalue weighted by atomic mass is 10.1. The standard InChI is InChI=1S/C13H17N7O4S2/c1-19-17-2-6(26-19)25-13-18-7-10(14)15-4-16-11(7)20(13)12-9(23)8(22)5(3-21)24-12/h2,4-6,8-9,12,21-23H,3H2,1H3,(H2,14,15,16)/t5-,6?,8-,9-,12-/m1/s1. The number of nitrogens with two attached hydrogens (primary N) is 1. The van der Waals surface area contributed by atoms with Gasteiger partial charge in [0.1, 0.15) is 29.2 Å². The van der Waals surface area contributed by atoms with Crippen molar-refractivity contribution in [1.29, 1.82) is 0 Å². The van der Waals surface area contributed by atoms with Crippen LogP contribution < -0.4 is 5.73 Å². The average molecular weight is 399 g/mol. The summed E-state index contributed by atoms with van der Waals surface area (Å²) in [6, 6.07) is 0. The number of hydrogen-bond acceptors (Lipinski definition) is 12. The number of hydrazone groups is 1. The van der Waals surface area contributed by atoms with Crippen molar-refractivity contribution in [3.05, 3.63) is 6.33 Å². The molecule has 13 heteroatoms. The minimum absolute atomic E-state index is 0.0399. The van der Waals surface area contributed by atoms with Crippen molar-refractivity contribution in [2.75, 3.05) is 19.4 Å². The highest BCUT2D eigenvalue weighted by Gasteiger charge is 2.45. The number of nitrogen functional groups attached to an aromatic ring is 1. The van der Waals surface area contributed by atoms with Crippen molar-refractivity contribution < 1.29 is 20.1 Å². The van der Waals surface area contributed by atoms with Crippen LogP contribution >= 0.6 is 23.7 Å². The van der Waals surface area contributed by atoms with E-state index in [4.69, 9.17) is 10.5 Å². The lowest BCUT2D eigenvalue weighted by molar-refractivity contribution is -0.0548. The summed E-state index contributed by atoms with van der Waals surface area (Å²) in [5.74, 6) is 0.201. The number of aliphatic hydroxyl groups is 3. The fourth-order valence-electron chi connectivity index (χ4n) is 2.82. The predicted molar refractivity (Wildman–Crippen MR) is 96.2 cm³/mol. The van der Waals surface area contributed by atoms with Crippen LogP contribution in [0.25, 0.3) is 11.2 Å². The quantitative estimate of drug-likeness (QED) is 0.469. The zero-order valence-electron chi connectivity index (χ0n) is 13.6. The lowest BCUT2D eigenvalue weighted by Crippen LogP contribution is -2.33. The molecule has 5 atom stereocenters. The van der Waals surface area contributed by atoms with Crippen LogP contribution in [0.3, 0.4) is 0 Å². The van der Waals surface area contributed by atoms with Crippen molar-refractivity contribution in [3.8, 4) is 0 Å². The van der Waals surface area contributed by atoms with E-state index in [-0.39, 0.29) is 10.4 Å². The molecule has 5 N–H and O–H groups in total. The van der Waals surface area contributed by atoms with Gasteiger partial charge in [0, 0.05) is 7.05 Å². The van der Waals surface area contributed by atoms with Crippen molar-refractivity contribution in [2.24, 2.45) is 5.10 Å². The minimum Gasteiger partial charge on any atom is -0.394 e. The van der Waals surface area contributed by atoms with Crippen LogP contribution in [0.15, 0.2) is 16.6 Å². The smallest absolute Gasteiger partial charge is 0.174 e. The molecule has 2 aliphatic rings. The Morgan fingerprint density at radius 3 is 2.81 bits per heavy atom. The van der Waals surface area contributed by atoms with Crippen molar-refractivity contribution >= 4 is 46.9 Å². The van der Waals surface area contributed by atoms with Crippen LogP contribution in [0.2, 0.25) is 0 Å². The minimum atomic E-state index is -1.26. The van der Waals surface area contributed by atoms with Crippen LogP contribution in [-0.2, 0) is 4.74 Å². The zero-order valence-corrected chi connectivity index (χ0v) is 15.2. The van der Waals surface area contributed by atoms with Gasteiger partial charge in [0.2, 0.25) is 0 Å². The Morgan fingerprint density at radius 1 is 1.35 bits per heavy atom. The molecule has 0 saturated carbocycles. The molecule has 1 unspecified atom stereocenters. The van der Waals surface area contributed by atoms with Crippen molar-refractivity contribution in [1.82, 2.24) is 23.9 Å². The number of imidazole rings is 1. The van der Waals surface area contributed by atoms with Gasteiger partial charge in [-0.1, -0.05) is 11.8 Å². The van der Waals surface area contributed by atoms with E-state index in [9.17, 15) is 15.3 Å². The highest BCUT2D eigenvalue weighted by atomic mass is 32.2. The Hall–Kier alpha value is -1.64. The van der Waals surface area contributed by atoms with Gasteiger partial charge in [-0.3, -0.25) is 4.57 Å². The number of fused-ring (bicyclic) bond motifs is 1. The third kappa shape index (κ3) is 2.90. The molecule has 0 aromatic carbocycles. The number of thioether (sulfide) groups is 1. The molecular formula is C13H17N7O4S2. The molecule has 0 radical (unpaired) electrons. The maximum Gasteiger partial charge on any atom is 0.174 e. The molecule has 2 aliphatic heterocycles. The Morgan fingerprint density at radius 2 is 2.15 bits per heavy atom. The van der Waals surface area contributed by atoms with Gasteiger partial charge in [0.15, 0.2) is 28.4 Å². The molecule has 0 aliphatic carbocycles. The Kier molecular flexibility index (Phi) is 4.66. The second-order valence-corrected chi connectivity index (χ2v) is 8.40. The first-order chi connectivity index (χ1) is 12.5. The van der Waals surface area contributed by atoms with Crippen molar-refractivity contribution in [2.45, 2.75) is 34.3 Å². The van der Waals surface area contributed by atoms with E-state index in [1.165, 1.54) is 30.0 Å². The fraction of sp³-hybridized carbons (Fsp3) is 0.538. The third-order valence-electron chi connectivity index (χ3n) is 4.07. The zero-order chi connectivity index (χ0) is 18.4. The molecule has 0 spiro atoms.